The molecule has 118 valence electrons. The first-order valence-corrected chi connectivity index (χ1v) is 7.93. The maximum atomic E-state index is 10.5. The average molecular weight is 293 g/mol. The summed E-state index contributed by atoms with van der Waals surface area (Å²) in [5.41, 5.74) is 0.890. The molecular formula is C17H27NO3. The summed E-state index contributed by atoms with van der Waals surface area (Å²) >= 11 is 0. The monoisotopic (exact) mass is 293 g/mol. The molecule has 1 heterocycles. The molecule has 1 atom stereocenters. The molecule has 4 nitrogen and oxygen atoms in total. The Kier molecular flexibility index (Phi) is 5.88. The van der Waals surface area contributed by atoms with Crippen LogP contribution in [0.15, 0.2) is 18.2 Å². The van der Waals surface area contributed by atoms with E-state index in [4.69, 9.17) is 9.47 Å². The molecule has 0 fully saturated rings. The molecule has 1 aliphatic heterocycles. The first kappa shape index (κ1) is 16.1. The van der Waals surface area contributed by atoms with Crippen molar-refractivity contribution in [1.82, 2.24) is 4.90 Å². The third-order valence-corrected chi connectivity index (χ3v) is 3.80. The number of ether oxygens (including phenoxy) is 2. The van der Waals surface area contributed by atoms with Crippen LogP contribution in [0.4, 0.5) is 0 Å². The highest BCUT2D eigenvalue weighted by atomic mass is 16.5. The number of hydrogen-bond acceptors (Lipinski definition) is 4. The van der Waals surface area contributed by atoms with Crippen LogP contribution in [0, 0.1) is 0 Å². The van der Waals surface area contributed by atoms with Gasteiger partial charge in [0.05, 0.1) is 19.3 Å². The van der Waals surface area contributed by atoms with Crippen molar-refractivity contribution in [2.45, 2.75) is 45.8 Å². The van der Waals surface area contributed by atoms with Crippen LogP contribution in [0.3, 0.4) is 0 Å². The van der Waals surface area contributed by atoms with E-state index in [0.29, 0.717) is 25.8 Å². The lowest BCUT2D eigenvalue weighted by Crippen LogP contribution is -2.35. The fourth-order valence-electron chi connectivity index (χ4n) is 2.56. The first-order chi connectivity index (χ1) is 10.1. The molecular weight excluding hydrogens is 266 g/mol. The van der Waals surface area contributed by atoms with Crippen molar-refractivity contribution in [3.63, 3.8) is 0 Å². The van der Waals surface area contributed by atoms with E-state index in [1.165, 1.54) is 0 Å². The molecule has 0 saturated carbocycles. The Bertz CT molecular complexity index is 448. The number of hydrogen-bond donors (Lipinski definition) is 1. The van der Waals surface area contributed by atoms with E-state index in [1.54, 1.807) is 0 Å². The Morgan fingerprint density at radius 1 is 1.19 bits per heavy atom. The predicted octanol–water partition coefficient (Wildman–Crippen LogP) is 3.00. The lowest BCUT2D eigenvalue weighted by molar-refractivity contribution is 0.0953. The predicted molar refractivity (Wildman–Crippen MR) is 84.0 cm³/mol. The van der Waals surface area contributed by atoms with Gasteiger partial charge in [-0.05, 0) is 44.5 Å². The van der Waals surface area contributed by atoms with Gasteiger partial charge < -0.3 is 14.6 Å². The summed E-state index contributed by atoms with van der Waals surface area (Å²) in [7, 11) is 0. The van der Waals surface area contributed by atoms with Crippen molar-refractivity contribution in [2.75, 3.05) is 26.3 Å². The van der Waals surface area contributed by atoms with E-state index >= 15 is 0 Å². The minimum Gasteiger partial charge on any atom is -0.490 e. The smallest absolute Gasteiger partial charge is 0.161 e. The van der Waals surface area contributed by atoms with Gasteiger partial charge in [0.1, 0.15) is 0 Å². The first-order valence-electron chi connectivity index (χ1n) is 7.93. The standard InChI is InChI=1S/C17H27NO3/c1-4-8-18(13(2)3)12-15(19)14-6-7-16-17(11-14)21-10-5-9-20-16/h6-7,11,13,15,19H,4-5,8-10,12H2,1-3H3. The zero-order valence-corrected chi connectivity index (χ0v) is 13.3. The van der Waals surface area contributed by atoms with Crippen molar-refractivity contribution in [3.8, 4) is 11.5 Å². The highest BCUT2D eigenvalue weighted by Crippen LogP contribution is 2.32. The highest BCUT2D eigenvalue weighted by Gasteiger charge is 2.18. The van der Waals surface area contributed by atoms with Crippen LogP contribution in [0.2, 0.25) is 0 Å². The number of aliphatic hydroxyl groups is 1. The molecule has 0 spiro atoms. The van der Waals surface area contributed by atoms with Gasteiger partial charge in [0.15, 0.2) is 11.5 Å². The summed E-state index contributed by atoms with van der Waals surface area (Å²) in [6.07, 6.45) is 1.48. The summed E-state index contributed by atoms with van der Waals surface area (Å²) in [4.78, 5) is 2.30. The lowest BCUT2D eigenvalue weighted by atomic mass is 10.1. The van der Waals surface area contributed by atoms with Crippen molar-refractivity contribution >= 4 is 0 Å². The van der Waals surface area contributed by atoms with Crippen molar-refractivity contribution < 1.29 is 14.6 Å². The minimum absolute atomic E-state index is 0.431. The second-order valence-electron chi connectivity index (χ2n) is 5.86. The van der Waals surface area contributed by atoms with Gasteiger partial charge in [-0.1, -0.05) is 13.0 Å². The Morgan fingerprint density at radius 2 is 1.90 bits per heavy atom. The van der Waals surface area contributed by atoms with E-state index < -0.39 is 6.10 Å². The van der Waals surface area contributed by atoms with E-state index in [2.05, 4.69) is 25.7 Å². The SMILES string of the molecule is CCCN(CC(O)c1ccc2c(c1)OCCCO2)C(C)C. The van der Waals surface area contributed by atoms with Gasteiger partial charge >= 0.3 is 0 Å². The van der Waals surface area contributed by atoms with Crippen molar-refractivity contribution in [1.29, 1.82) is 0 Å². The van der Waals surface area contributed by atoms with Gasteiger partial charge in [0.2, 0.25) is 0 Å². The van der Waals surface area contributed by atoms with Crippen LogP contribution in [0.25, 0.3) is 0 Å². The number of benzene rings is 1. The minimum atomic E-state index is -0.504. The van der Waals surface area contributed by atoms with Crippen LogP contribution in [0.1, 0.15) is 45.3 Å². The highest BCUT2D eigenvalue weighted by molar-refractivity contribution is 5.44. The molecule has 0 radical (unpaired) electrons. The molecule has 0 amide bonds. The Morgan fingerprint density at radius 3 is 2.57 bits per heavy atom. The Balaban J connectivity index is 2.08. The van der Waals surface area contributed by atoms with Gasteiger partial charge in [-0.2, -0.15) is 0 Å². The molecule has 0 aliphatic carbocycles. The molecule has 1 aliphatic rings. The van der Waals surface area contributed by atoms with E-state index in [9.17, 15) is 5.11 Å². The Labute approximate surface area is 127 Å². The van der Waals surface area contributed by atoms with Crippen LogP contribution < -0.4 is 9.47 Å². The average Bonchev–Trinajstić information content (AvgIpc) is 2.70. The molecule has 21 heavy (non-hydrogen) atoms. The molecule has 4 heteroatoms. The summed E-state index contributed by atoms with van der Waals surface area (Å²) in [5, 5.41) is 10.5. The van der Waals surface area contributed by atoms with Crippen molar-refractivity contribution in [3.05, 3.63) is 23.8 Å². The topological polar surface area (TPSA) is 41.9 Å². The largest absolute Gasteiger partial charge is 0.490 e. The molecule has 2 rings (SSSR count). The Hall–Kier alpha value is -1.26. The molecule has 1 aromatic carbocycles. The molecule has 1 N–H and O–H groups in total. The molecule has 0 saturated heterocycles. The number of nitrogens with zero attached hydrogens (tertiary/aromatic N) is 1. The van der Waals surface area contributed by atoms with Gasteiger partial charge in [0.25, 0.3) is 0 Å². The molecule has 0 bridgehead atoms. The molecule has 0 aromatic heterocycles. The zero-order chi connectivity index (χ0) is 15.2. The number of aliphatic hydroxyl groups excluding tert-OH is 1. The quantitative estimate of drug-likeness (QED) is 0.875. The summed E-state index contributed by atoms with van der Waals surface area (Å²) < 4.78 is 11.3. The molecule has 1 aromatic rings. The van der Waals surface area contributed by atoms with Crippen LogP contribution in [-0.4, -0.2) is 42.4 Å². The van der Waals surface area contributed by atoms with E-state index in [0.717, 1.165) is 36.4 Å². The zero-order valence-electron chi connectivity index (χ0n) is 13.3. The number of fused-ring (bicyclic) bond motifs is 1. The third-order valence-electron chi connectivity index (χ3n) is 3.80. The van der Waals surface area contributed by atoms with Crippen LogP contribution >= 0.6 is 0 Å². The molecule has 1 unspecified atom stereocenters. The normalized spacial score (nSPS) is 16.1. The van der Waals surface area contributed by atoms with Gasteiger partial charge in [-0.3, -0.25) is 4.90 Å². The summed E-state index contributed by atoms with van der Waals surface area (Å²) in [6, 6.07) is 6.18. The summed E-state index contributed by atoms with van der Waals surface area (Å²) in [6.45, 7) is 9.49. The fourth-order valence-corrected chi connectivity index (χ4v) is 2.56. The van der Waals surface area contributed by atoms with Gasteiger partial charge in [-0.15, -0.1) is 0 Å². The lowest BCUT2D eigenvalue weighted by Gasteiger charge is -2.28. The third kappa shape index (κ3) is 4.35. The fraction of sp³-hybridized carbons (Fsp3) is 0.647. The maximum absolute atomic E-state index is 10.5. The second kappa shape index (κ2) is 7.66. The van der Waals surface area contributed by atoms with E-state index in [-0.39, 0.29) is 0 Å². The van der Waals surface area contributed by atoms with Crippen LogP contribution in [-0.2, 0) is 0 Å². The van der Waals surface area contributed by atoms with Gasteiger partial charge in [-0.25, -0.2) is 0 Å². The van der Waals surface area contributed by atoms with Crippen LogP contribution in [0.5, 0.6) is 11.5 Å². The number of rotatable bonds is 6. The summed E-state index contributed by atoms with van der Waals surface area (Å²) in [5.74, 6) is 1.52. The van der Waals surface area contributed by atoms with Gasteiger partial charge in [0, 0.05) is 19.0 Å². The van der Waals surface area contributed by atoms with E-state index in [1.807, 2.05) is 18.2 Å². The second-order valence-corrected chi connectivity index (χ2v) is 5.86. The maximum Gasteiger partial charge on any atom is 0.161 e. The van der Waals surface area contributed by atoms with Crippen molar-refractivity contribution in [2.24, 2.45) is 0 Å².